The van der Waals surface area contributed by atoms with Gasteiger partial charge in [0.05, 0.1) is 0 Å². The van der Waals surface area contributed by atoms with Gasteiger partial charge in [-0.3, -0.25) is 14.6 Å². The van der Waals surface area contributed by atoms with E-state index in [0.717, 1.165) is 5.56 Å². The fourth-order valence-corrected chi connectivity index (χ4v) is 2.86. The van der Waals surface area contributed by atoms with E-state index in [1.807, 2.05) is 12.1 Å². The molecule has 124 valence electrons. The summed E-state index contributed by atoms with van der Waals surface area (Å²) in [7, 11) is 0. The van der Waals surface area contributed by atoms with Gasteiger partial charge in [-0.2, -0.15) is 0 Å². The van der Waals surface area contributed by atoms with Crippen LogP contribution in [0.3, 0.4) is 0 Å². The van der Waals surface area contributed by atoms with Crippen LogP contribution in [-0.2, 0) is 16.0 Å². The van der Waals surface area contributed by atoms with Crippen LogP contribution in [0.25, 0.3) is 0 Å². The van der Waals surface area contributed by atoms with Crippen LogP contribution in [0.2, 0.25) is 0 Å². The fraction of sp³-hybridized carbons (Fsp3) is 0.278. The first-order chi connectivity index (χ1) is 11.6. The van der Waals surface area contributed by atoms with Crippen LogP contribution in [0.15, 0.2) is 48.8 Å². The molecule has 1 atom stereocenters. The second kappa shape index (κ2) is 7.21. The Balaban J connectivity index is 1.74. The molecule has 1 aliphatic heterocycles. The first kappa shape index (κ1) is 16.1. The Morgan fingerprint density at radius 3 is 2.62 bits per heavy atom. The van der Waals surface area contributed by atoms with Gasteiger partial charge >= 0.3 is 0 Å². The number of hydrogen-bond donors (Lipinski definition) is 1. The third kappa shape index (κ3) is 3.59. The van der Waals surface area contributed by atoms with Crippen molar-refractivity contribution >= 4 is 11.8 Å². The minimum absolute atomic E-state index is 0.0870. The minimum atomic E-state index is -0.704. The molecule has 1 aromatic carbocycles. The molecule has 0 aliphatic carbocycles. The number of rotatable bonds is 4. The number of hydrogen-bond acceptors (Lipinski definition) is 3. The van der Waals surface area contributed by atoms with E-state index in [4.69, 9.17) is 0 Å². The van der Waals surface area contributed by atoms with E-state index in [2.05, 4.69) is 10.3 Å². The molecular formula is C18H18FN3O2. The quantitative estimate of drug-likeness (QED) is 0.932. The Hall–Kier alpha value is -2.76. The second-order valence-corrected chi connectivity index (χ2v) is 5.69. The van der Waals surface area contributed by atoms with Gasteiger partial charge in [0.25, 0.3) is 0 Å². The van der Waals surface area contributed by atoms with Gasteiger partial charge in [-0.05, 0) is 41.8 Å². The maximum Gasteiger partial charge on any atom is 0.247 e. The molecule has 1 fully saturated rings. The molecule has 3 rings (SSSR count). The van der Waals surface area contributed by atoms with Crippen LogP contribution < -0.4 is 5.32 Å². The molecule has 1 unspecified atom stereocenters. The van der Waals surface area contributed by atoms with Crippen molar-refractivity contribution < 1.29 is 14.0 Å². The zero-order valence-electron chi connectivity index (χ0n) is 13.1. The van der Waals surface area contributed by atoms with Gasteiger partial charge in [0.15, 0.2) is 0 Å². The van der Waals surface area contributed by atoms with E-state index in [9.17, 15) is 14.0 Å². The first-order valence-electron chi connectivity index (χ1n) is 7.87. The van der Waals surface area contributed by atoms with E-state index in [-0.39, 0.29) is 17.6 Å². The molecule has 1 saturated heterocycles. The summed E-state index contributed by atoms with van der Waals surface area (Å²) in [6.45, 7) is 0.875. The van der Waals surface area contributed by atoms with Crippen molar-refractivity contribution in [3.8, 4) is 0 Å². The summed E-state index contributed by atoms with van der Waals surface area (Å²) in [5, 5.41) is 2.77. The number of nitrogens with zero attached hydrogens (tertiary/aromatic N) is 2. The molecule has 5 nitrogen and oxygen atoms in total. The summed E-state index contributed by atoms with van der Waals surface area (Å²) in [5.41, 5.74) is 1.64. The summed E-state index contributed by atoms with van der Waals surface area (Å²) in [4.78, 5) is 30.4. The lowest BCUT2D eigenvalue weighted by Crippen LogP contribution is -2.52. The van der Waals surface area contributed by atoms with Gasteiger partial charge in [-0.25, -0.2) is 4.39 Å². The summed E-state index contributed by atoms with van der Waals surface area (Å²) in [6.07, 6.45) is 4.29. The van der Waals surface area contributed by atoms with Crippen molar-refractivity contribution in [3.63, 3.8) is 0 Å². The molecular weight excluding hydrogens is 309 g/mol. The number of piperazine rings is 1. The predicted octanol–water partition coefficient (Wildman–Crippen LogP) is 1.85. The van der Waals surface area contributed by atoms with E-state index in [1.165, 1.54) is 12.1 Å². The van der Waals surface area contributed by atoms with Crippen molar-refractivity contribution in [3.05, 3.63) is 65.7 Å². The summed E-state index contributed by atoms with van der Waals surface area (Å²) in [5.74, 6) is -0.688. The molecule has 1 aliphatic rings. The number of amides is 2. The van der Waals surface area contributed by atoms with Gasteiger partial charge in [0, 0.05) is 31.9 Å². The molecule has 2 heterocycles. The van der Waals surface area contributed by atoms with Crippen molar-refractivity contribution in [2.24, 2.45) is 0 Å². The second-order valence-electron chi connectivity index (χ2n) is 5.69. The average molecular weight is 327 g/mol. The number of benzene rings is 1. The maximum atomic E-state index is 13.1. The number of halogens is 1. The molecule has 1 N–H and O–H groups in total. The standard InChI is InChI=1S/C18H18FN3O2/c19-15-4-2-14(3-5-15)17-18(24)21-11-12-22(17)16(23)6-1-13-7-9-20-10-8-13/h2-5,7-10,17H,1,6,11-12H2,(H,21,24). The third-order valence-electron chi connectivity index (χ3n) is 4.09. The molecule has 1 aromatic heterocycles. The number of aryl methyl sites for hydroxylation is 1. The van der Waals surface area contributed by atoms with E-state index >= 15 is 0 Å². The average Bonchev–Trinajstić information content (AvgIpc) is 2.61. The highest BCUT2D eigenvalue weighted by atomic mass is 19.1. The van der Waals surface area contributed by atoms with E-state index in [0.29, 0.717) is 31.5 Å². The number of aromatic nitrogens is 1. The molecule has 2 aromatic rings. The van der Waals surface area contributed by atoms with Crippen molar-refractivity contribution in [1.82, 2.24) is 15.2 Å². The Morgan fingerprint density at radius 1 is 1.21 bits per heavy atom. The van der Waals surface area contributed by atoms with Crippen molar-refractivity contribution in [1.29, 1.82) is 0 Å². The molecule has 24 heavy (non-hydrogen) atoms. The number of pyridine rings is 1. The lowest BCUT2D eigenvalue weighted by atomic mass is 10.0. The van der Waals surface area contributed by atoms with Gasteiger partial charge in [-0.15, -0.1) is 0 Å². The van der Waals surface area contributed by atoms with Gasteiger partial charge in [0.2, 0.25) is 11.8 Å². The number of carbonyl (C=O) groups is 2. The SMILES string of the molecule is O=C1NCCN(C(=O)CCc2ccncc2)C1c1ccc(F)cc1. The minimum Gasteiger partial charge on any atom is -0.352 e. The van der Waals surface area contributed by atoms with Gasteiger partial charge in [0.1, 0.15) is 11.9 Å². The van der Waals surface area contributed by atoms with Crippen LogP contribution in [0, 0.1) is 5.82 Å². The Morgan fingerprint density at radius 2 is 1.92 bits per heavy atom. The van der Waals surface area contributed by atoms with Crippen molar-refractivity contribution in [2.45, 2.75) is 18.9 Å². The largest absolute Gasteiger partial charge is 0.352 e. The highest BCUT2D eigenvalue weighted by Gasteiger charge is 2.33. The van der Waals surface area contributed by atoms with E-state index < -0.39 is 6.04 Å². The molecule has 0 saturated carbocycles. The summed E-state index contributed by atoms with van der Waals surface area (Å²) in [6, 6.07) is 8.74. The van der Waals surface area contributed by atoms with Crippen LogP contribution in [0.4, 0.5) is 4.39 Å². The smallest absolute Gasteiger partial charge is 0.247 e. The van der Waals surface area contributed by atoms with Crippen LogP contribution >= 0.6 is 0 Å². The number of carbonyl (C=O) groups excluding carboxylic acids is 2. The highest BCUT2D eigenvalue weighted by molar-refractivity contribution is 5.89. The third-order valence-corrected chi connectivity index (χ3v) is 4.09. The van der Waals surface area contributed by atoms with E-state index in [1.54, 1.807) is 29.4 Å². The fourth-order valence-electron chi connectivity index (χ4n) is 2.86. The monoisotopic (exact) mass is 327 g/mol. The molecule has 0 spiro atoms. The first-order valence-corrected chi connectivity index (χ1v) is 7.87. The Labute approximate surface area is 139 Å². The maximum absolute atomic E-state index is 13.1. The highest BCUT2D eigenvalue weighted by Crippen LogP contribution is 2.24. The topological polar surface area (TPSA) is 62.3 Å². The molecule has 6 heteroatoms. The predicted molar refractivity (Wildman–Crippen MR) is 86.4 cm³/mol. The van der Waals surface area contributed by atoms with Crippen molar-refractivity contribution in [2.75, 3.05) is 13.1 Å². The molecule has 0 radical (unpaired) electrons. The lowest BCUT2D eigenvalue weighted by molar-refractivity contribution is -0.143. The van der Waals surface area contributed by atoms with Crippen LogP contribution in [-0.4, -0.2) is 34.8 Å². The summed E-state index contributed by atoms with van der Waals surface area (Å²) >= 11 is 0. The number of nitrogens with one attached hydrogen (secondary N) is 1. The van der Waals surface area contributed by atoms with Gasteiger partial charge in [-0.1, -0.05) is 12.1 Å². The lowest BCUT2D eigenvalue weighted by Gasteiger charge is -2.35. The normalized spacial score (nSPS) is 17.5. The molecule has 2 amide bonds. The van der Waals surface area contributed by atoms with Crippen LogP contribution in [0.5, 0.6) is 0 Å². The zero-order valence-corrected chi connectivity index (χ0v) is 13.1. The zero-order chi connectivity index (χ0) is 16.9. The van der Waals surface area contributed by atoms with Crippen LogP contribution in [0.1, 0.15) is 23.6 Å². The van der Waals surface area contributed by atoms with Gasteiger partial charge < -0.3 is 10.2 Å². The summed E-state index contributed by atoms with van der Waals surface area (Å²) < 4.78 is 13.1. The Bertz CT molecular complexity index is 719. The Kier molecular flexibility index (Phi) is 4.84. The molecule has 0 bridgehead atoms.